The fraction of sp³-hybridized carbons (Fsp3) is 0.435. The van der Waals surface area contributed by atoms with Gasteiger partial charge in [-0.1, -0.05) is 49.7 Å². The summed E-state index contributed by atoms with van der Waals surface area (Å²) in [7, 11) is -3.69. The van der Waals surface area contributed by atoms with Crippen LogP contribution >= 0.6 is 0 Å². The summed E-state index contributed by atoms with van der Waals surface area (Å²) in [6.07, 6.45) is 2.98. The SMILES string of the molecule is CC1(CCNC(=O)[C@@H]2CCCCN2S(=O)(=O)c2ccccc2)CNc2ccccc21. The molecule has 2 aromatic rings. The van der Waals surface area contributed by atoms with Gasteiger partial charge in [0.2, 0.25) is 15.9 Å². The smallest absolute Gasteiger partial charge is 0.243 e. The van der Waals surface area contributed by atoms with Gasteiger partial charge in [-0.3, -0.25) is 4.79 Å². The molecule has 2 atom stereocenters. The predicted octanol–water partition coefficient (Wildman–Crippen LogP) is 3.12. The van der Waals surface area contributed by atoms with Crippen LogP contribution < -0.4 is 10.6 Å². The lowest BCUT2D eigenvalue weighted by Crippen LogP contribution is -2.52. The summed E-state index contributed by atoms with van der Waals surface area (Å²) in [6.45, 7) is 3.93. The Bertz CT molecular complexity index is 1010. The van der Waals surface area contributed by atoms with E-state index in [9.17, 15) is 13.2 Å². The topological polar surface area (TPSA) is 78.5 Å². The van der Waals surface area contributed by atoms with Crippen LogP contribution in [0.25, 0.3) is 0 Å². The Morgan fingerprint density at radius 1 is 1.13 bits per heavy atom. The van der Waals surface area contributed by atoms with Gasteiger partial charge in [0, 0.05) is 30.7 Å². The fourth-order valence-corrected chi connectivity index (χ4v) is 6.21. The van der Waals surface area contributed by atoms with Crippen molar-refractivity contribution in [2.24, 2.45) is 0 Å². The number of rotatable bonds is 6. The normalized spacial score (nSPS) is 24.1. The number of nitrogens with one attached hydrogen (secondary N) is 2. The number of nitrogens with zero attached hydrogens (tertiary/aromatic N) is 1. The Kier molecular flexibility index (Phi) is 5.84. The molecule has 2 aliphatic rings. The zero-order valence-corrected chi connectivity index (χ0v) is 18.1. The van der Waals surface area contributed by atoms with Crippen LogP contribution in [0, 0.1) is 0 Å². The first-order valence-electron chi connectivity index (χ1n) is 10.6. The summed E-state index contributed by atoms with van der Waals surface area (Å²) in [6, 6.07) is 16.0. The van der Waals surface area contributed by atoms with E-state index >= 15 is 0 Å². The third-order valence-electron chi connectivity index (χ3n) is 6.33. The minimum Gasteiger partial charge on any atom is -0.384 e. The van der Waals surface area contributed by atoms with Crippen molar-refractivity contribution >= 4 is 21.6 Å². The zero-order valence-electron chi connectivity index (χ0n) is 17.3. The van der Waals surface area contributed by atoms with Crippen molar-refractivity contribution in [1.82, 2.24) is 9.62 Å². The molecule has 0 spiro atoms. The number of fused-ring (bicyclic) bond motifs is 1. The van der Waals surface area contributed by atoms with Crippen LogP contribution in [0.1, 0.15) is 38.2 Å². The van der Waals surface area contributed by atoms with Crippen LogP contribution in [-0.4, -0.2) is 44.3 Å². The molecule has 1 amide bonds. The first-order valence-corrected chi connectivity index (χ1v) is 12.0. The summed E-state index contributed by atoms with van der Waals surface area (Å²) >= 11 is 0. The van der Waals surface area contributed by atoms with Crippen LogP contribution in [-0.2, 0) is 20.2 Å². The van der Waals surface area contributed by atoms with Gasteiger partial charge in [0.05, 0.1) is 4.90 Å². The van der Waals surface area contributed by atoms with E-state index in [1.807, 2.05) is 12.1 Å². The summed E-state index contributed by atoms with van der Waals surface area (Å²) in [5.74, 6) is -0.197. The molecular formula is C23H29N3O3S. The van der Waals surface area contributed by atoms with E-state index in [0.717, 1.165) is 31.5 Å². The number of piperidine rings is 1. The van der Waals surface area contributed by atoms with E-state index in [0.29, 0.717) is 19.5 Å². The quantitative estimate of drug-likeness (QED) is 0.743. The summed E-state index contributed by atoms with van der Waals surface area (Å²) < 4.78 is 27.6. The average Bonchev–Trinajstić information content (AvgIpc) is 3.11. The highest BCUT2D eigenvalue weighted by Gasteiger charge is 2.38. The van der Waals surface area contributed by atoms with Crippen LogP contribution in [0.4, 0.5) is 5.69 Å². The minimum atomic E-state index is -3.69. The number of anilines is 1. The maximum absolute atomic E-state index is 13.1. The number of hydrogen-bond acceptors (Lipinski definition) is 4. The third kappa shape index (κ3) is 3.96. The second kappa shape index (κ2) is 8.40. The van der Waals surface area contributed by atoms with E-state index in [4.69, 9.17) is 0 Å². The van der Waals surface area contributed by atoms with Crippen molar-refractivity contribution in [3.8, 4) is 0 Å². The van der Waals surface area contributed by atoms with Gasteiger partial charge in [0.15, 0.2) is 0 Å². The van der Waals surface area contributed by atoms with Crippen LogP contribution in [0.5, 0.6) is 0 Å². The summed E-state index contributed by atoms with van der Waals surface area (Å²) in [5.41, 5.74) is 2.37. The van der Waals surface area contributed by atoms with Gasteiger partial charge < -0.3 is 10.6 Å². The molecular weight excluding hydrogens is 398 g/mol. The van der Waals surface area contributed by atoms with Gasteiger partial charge in [0.25, 0.3) is 0 Å². The molecule has 0 aliphatic carbocycles. The lowest BCUT2D eigenvalue weighted by molar-refractivity contribution is -0.125. The maximum atomic E-state index is 13.1. The Morgan fingerprint density at radius 3 is 2.67 bits per heavy atom. The van der Waals surface area contributed by atoms with Gasteiger partial charge in [-0.05, 0) is 43.0 Å². The molecule has 160 valence electrons. The number of carbonyl (C=O) groups is 1. The molecule has 1 unspecified atom stereocenters. The second-order valence-corrected chi connectivity index (χ2v) is 10.3. The maximum Gasteiger partial charge on any atom is 0.243 e. The van der Waals surface area contributed by atoms with Crippen molar-refractivity contribution in [3.05, 3.63) is 60.2 Å². The molecule has 0 aromatic heterocycles. The molecule has 2 heterocycles. The molecule has 6 nitrogen and oxygen atoms in total. The highest BCUT2D eigenvalue weighted by atomic mass is 32.2. The number of benzene rings is 2. The van der Waals surface area contributed by atoms with Crippen LogP contribution in [0.3, 0.4) is 0 Å². The third-order valence-corrected chi connectivity index (χ3v) is 8.25. The molecule has 0 saturated carbocycles. The van der Waals surface area contributed by atoms with Crippen molar-refractivity contribution in [2.45, 2.75) is 49.0 Å². The van der Waals surface area contributed by atoms with Crippen molar-refractivity contribution in [2.75, 3.05) is 25.0 Å². The number of sulfonamides is 1. The van der Waals surface area contributed by atoms with Gasteiger partial charge >= 0.3 is 0 Å². The van der Waals surface area contributed by atoms with Crippen LogP contribution in [0.2, 0.25) is 0 Å². The van der Waals surface area contributed by atoms with E-state index in [1.165, 1.54) is 9.87 Å². The predicted molar refractivity (Wildman–Crippen MR) is 118 cm³/mol. The lowest BCUT2D eigenvalue weighted by atomic mass is 9.81. The first-order chi connectivity index (χ1) is 14.4. The highest BCUT2D eigenvalue weighted by molar-refractivity contribution is 7.89. The Labute approximate surface area is 178 Å². The van der Waals surface area contributed by atoms with E-state index in [2.05, 4.69) is 29.7 Å². The monoisotopic (exact) mass is 427 g/mol. The summed E-state index contributed by atoms with van der Waals surface area (Å²) in [5, 5.41) is 6.45. The molecule has 2 aromatic carbocycles. The molecule has 7 heteroatoms. The van der Waals surface area contributed by atoms with Gasteiger partial charge in [0.1, 0.15) is 6.04 Å². The Balaban J connectivity index is 1.42. The molecule has 1 fully saturated rings. The van der Waals surface area contributed by atoms with Gasteiger partial charge in [-0.25, -0.2) is 8.42 Å². The Hall–Kier alpha value is -2.38. The van der Waals surface area contributed by atoms with E-state index in [1.54, 1.807) is 30.3 Å². The van der Waals surface area contributed by atoms with Crippen molar-refractivity contribution < 1.29 is 13.2 Å². The minimum absolute atomic E-state index is 0.0494. The molecule has 1 saturated heterocycles. The molecule has 2 aliphatic heterocycles. The second-order valence-electron chi connectivity index (χ2n) is 8.44. The largest absolute Gasteiger partial charge is 0.384 e. The number of hydrogen-bond donors (Lipinski definition) is 2. The molecule has 0 radical (unpaired) electrons. The van der Waals surface area contributed by atoms with Crippen LogP contribution in [0.15, 0.2) is 59.5 Å². The highest BCUT2D eigenvalue weighted by Crippen LogP contribution is 2.38. The van der Waals surface area contributed by atoms with Crippen molar-refractivity contribution in [1.29, 1.82) is 0 Å². The van der Waals surface area contributed by atoms with E-state index < -0.39 is 16.1 Å². The molecule has 30 heavy (non-hydrogen) atoms. The lowest BCUT2D eigenvalue weighted by Gasteiger charge is -2.34. The Morgan fingerprint density at radius 2 is 1.87 bits per heavy atom. The zero-order chi connectivity index (χ0) is 21.2. The standard InChI is InChI=1S/C23H29N3O3S/c1-23(17-25-20-12-6-5-11-19(20)23)14-15-24-22(27)21-13-7-8-16-26(21)30(28,29)18-9-3-2-4-10-18/h2-6,9-12,21,25H,7-8,13-17H2,1H3,(H,24,27)/t21-,23?/m0/s1. The number of carbonyl (C=O) groups excluding carboxylic acids is 1. The molecule has 2 N–H and O–H groups in total. The van der Waals surface area contributed by atoms with Gasteiger partial charge in [-0.2, -0.15) is 4.31 Å². The summed E-state index contributed by atoms with van der Waals surface area (Å²) in [4.78, 5) is 13.2. The molecule has 0 bridgehead atoms. The number of para-hydroxylation sites is 1. The first kappa shape index (κ1) is 20.9. The molecule has 4 rings (SSSR count). The van der Waals surface area contributed by atoms with E-state index in [-0.39, 0.29) is 16.2 Å². The number of amides is 1. The van der Waals surface area contributed by atoms with Gasteiger partial charge in [-0.15, -0.1) is 0 Å². The fourth-order valence-electron chi connectivity index (χ4n) is 4.53. The average molecular weight is 428 g/mol. The van der Waals surface area contributed by atoms with Crippen molar-refractivity contribution in [3.63, 3.8) is 0 Å².